The van der Waals surface area contributed by atoms with Crippen LogP contribution in [0.25, 0.3) is 0 Å². The van der Waals surface area contributed by atoms with Crippen molar-refractivity contribution >= 4 is 28.9 Å². The smallest absolute Gasteiger partial charge is 0.226 e. The summed E-state index contributed by atoms with van der Waals surface area (Å²) in [7, 11) is 0. The van der Waals surface area contributed by atoms with Gasteiger partial charge in [-0.2, -0.15) is 0 Å². The fraction of sp³-hybridized carbons (Fsp3) is 0.440. The summed E-state index contributed by atoms with van der Waals surface area (Å²) in [4.78, 5) is 12.1. The highest BCUT2D eigenvalue weighted by Crippen LogP contribution is 2.24. The summed E-state index contributed by atoms with van der Waals surface area (Å²) in [5, 5.41) is 6.10. The Morgan fingerprint density at radius 2 is 1.67 bits per heavy atom. The van der Waals surface area contributed by atoms with Gasteiger partial charge in [0.1, 0.15) is 5.75 Å². The summed E-state index contributed by atoms with van der Waals surface area (Å²) in [6.45, 7) is 9.23. The van der Waals surface area contributed by atoms with E-state index in [9.17, 15) is 4.79 Å². The first-order chi connectivity index (χ1) is 14.3. The van der Waals surface area contributed by atoms with Crippen LogP contribution in [0.15, 0.2) is 48.5 Å². The van der Waals surface area contributed by atoms with Gasteiger partial charge in [-0.1, -0.05) is 58.4 Å². The molecule has 4 nitrogen and oxygen atoms in total. The monoisotopic (exact) mass is 426 g/mol. The van der Waals surface area contributed by atoms with Gasteiger partial charge in [0.25, 0.3) is 0 Å². The Bertz CT molecular complexity index is 809. The van der Waals surface area contributed by atoms with Gasteiger partial charge in [-0.15, -0.1) is 0 Å². The van der Waals surface area contributed by atoms with Gasteiger partial charge in [0, 0.05) is 12.1 Å². The number of rotatable bonds is 9. The van der Waals surface area contributed by atoms with Crippen molar-refractivity contribution in [2.75, 3.05) is 11.9 Å². The lowest BCUT2D eigenvalue weighted by molar-refractivity contribution is -0.119. The van der Waals surface area contributed by atoms with E-state index in [2.05, 4.69) is 62.6 Å². The average molecular weight is 427 g/mol. The largest absolute Gasteiger partial charge is 0.494 e. The van der Waals surface area contributed by atoms with Crippen molar-refractivity contribution in [3.63, 3.8) is 0 Å². The van der Waals surface area contributed by atoms with Gasteiger partial charge < -0.3 is 15.4 Å². The quantitative estimate of drug-likeness (QED) is 0.381. The van der Waals surface area contributed by atoms with Crippen LogP contribution >= 0.6 is 12.2 Å². The third-order valence-electron chi connectivity index (χ3n) is 4.82. The number of aryl methyl sites for hydroxylation is 1. The van der Waals surface area contributed by atoms with Crippen LogP contribution < -0.4 is 15.4 Å². The normalized spacial score (nSPS) is 11.1. The van der Waals surface area contributed by atoms with Crippen LogP contribution in [-0.4, -0.2) is 17.6 Å². The van der Waals surface area contributed by atoms with Gasteiger partial charge >= 0.3 is 0 Å². The molecule has 0 aromatic heterocycles. The van der Waals surface area contributed by atoms with Gasteiger partial charge in [-0.3, -0.25) is 4.79 Å². The number of hydrogen-bond acceptors (Lipinski definition) is 3. The Morgan fingerprint density at radius 1 is 1.00 bits per heavy atom. The second-order valence-electron chi connectivity index (χ2n) is 8.53. The number of unbranched alkanes of at least 4 members (excludes halogenated alkanes) is 1. The molecule has 5 heteroatoms. The number of nitrogens with one attached hydrogen (secondary N) is 2. The first-order valence-electron chi connectivity index (χ1n) is 10.7. The SMILES string of the molecule is CCCCc1ccc(NC(=S)NC(=O)CCCOc2ccc(C(C)(C)C)cc2)cc1. The summed E-state index contributed by atoms with van der Waals surface area (Å²) < 4.78 is 5.74. The molecule has 0 unspecified atom stereocenters. The van der Waals surface area contributed by atoms with E-state index >= 15 is 0 Å². The third kappa shape index (κ3) is 8.54. The predicted molar refractivity (Wildman–Crippen MR) is 129 cm³/mol. The molecular weight excluding hydrogens is 392 g/mol. The summed E-state index contributed by atoms with van der Waals surface area (Å²) in [6, 6.07) is 16.3. The molecule has 0 fully saturated rings. The fourth-order valence-electron chi connectivity index (χ4n) is 2.96. The Kier molecular flexibility index (Phi) is 9.31. The van der Waals surface area contributed by atoms with E-state index in [1.54, 1.807) is 0 Å². The van der Waals surface area contributed by atoms with Crippen molar-refractivity contribution < 1.29 is 9.53 Å². The number of carbonyl (C=O) groups excluding carboxylic acids is 1. The van der Waals surface area contributed by atoms with Crippen LogP contribution in [0.5, 0.6) is 5.75 Å². The Balaban J connectivity index is 1.66. The topological polar surface area (TPSA) is 50.4 Å². The summed E-state index contributed by atoms with van der Waals surface area (Å²) in [6.07, 6.45) is 4.44. The van der Waals surface area contributed by atoms with Crippen molar-refractivity contribution in [1.29, 1.82) is 0 Å². The summed E-state index contributed by atoms with van der Waals surface area (Å²) in [5.74, 6) is 0.710. The molecule has 0 heterocycles. The van der Waals surface area contributed by atoms with E-state index in [1.165, 1.54) is 24.0 Å². The van der Waals surface area contributed by atoms with E-state index in [0.29, 0.717) is 24.6 Å². The van der Waals surface area contributed by atoms with Gasteiger partial charge in [-0.05, 0) is 72.3 Å². The van der Waals surface area contributed by atoms with Gasteiger partial charge in [0.05, 0.1) is 6.61 Å². The van der Waals surface area contributed by atoms with E-state index in [-0.39, 0.29) is 11.3 Å². The van der Waals surface area contributed by atoms with E-state index in [0.717, 1.165) is 17.9 Å². The van der Waals surface area contributed by atoms with Gasteiger partial charge in [0.15, 0.2) is 5.11 Å². The minimum absolute atomic E-state index is 0.112. The maximum absolute atomic E-state index is 12.1. The van der Waals surface area contributed by atoms with Crippen LogP contribution in [0.4, 0.5) is 5.69 Å². The van der Waals surface area contributed by atoms with Crippen LogP contribution in [0, 0.1) is 0 Å². The number of benzene rings is 2. The highest BCUT2D eigenvalue weighted by molar-refractivity contribution is 7.80. The van der Waals surface area contributed by atoms with Crippen molar-refractivity contribution in [3.8, 4) is 5.75 Å². The zero-order valence-corrected chi connectivity index (χ0v) is 19.4. The molecule has 0 radical (unpaired) electrons. The Labute approximate surface area is 186 Å². The minimum Gasteiger partial charge on any atom is -0.494 e. The first-order valence-corrected chi connectivity index (χ1v) is 11.1. The summed E-state index contributed by atoms with van der Waals surface area (Å²) >= 11 is 5.24. The average Bonchev–Trinajstić information content (AvgIpc) is 2.70. The second-order valence-corrected chi connectivity index (χ2v) is 8.94. The van der Waals surface area contributed by atoms with Crippen molar-refractivity contribution in [3.05, 3.63) is 59.7 Å². The fourth-order valence-corrected chi connectivity index (χ4v) is 3.19. The molecule has 0 saturated carbocycles. The molecule has 2 rings (SSSR count). The number of amides is 1. The van der Waals surface area contributed by atoms with Crippen LogP contribution in [-0.2, 0) is 16.6 Å². The molecule has 0 aliphatic rings. The maximum atomic E-state index is 12.1. The number of ether oxygens (including phenoxy) is 1. The second kappa shape index (κ2) is 11.7. The lowest BCUT2D eigenvalue weighted by Crippen LogP contribution is -2.34. The van der Waals surface area contributed by atoms with Crippen molar-refractivity contribution in [2.45, 2.75) is 65.2 Å². The van der Waals surface area contributed by atoms with Crippen LogP contribution in [0.2, 0.25) is 0 Å². The molecule has 0 aliphatic carbocycles. The number of hydrogen-bond donors (Lipinski definition) is 2. The van der Waals surface area contributed by atoms with Crippen molar-refractivity contribution in [2.24, 2.45) is 0 Å². The Morgan fingerprint density at radius 3 is 2.27 bits per heavy atom. The molecule has 2 N–H and O–H groups in total. The first kappa shape index (κ1) is 23.9. The number of thiocarbonyl (C=S) groups is 1. The van der Waals surface area contributed by atoms with E-state index in [4.69, 9.17) is 17.0 Å². The molecule has 0 bridgehead atoms. The van der Waals surface area contributed by atoms with Gasteiger partial charge in [-0.25, -0.2) is 0 Å². The molecule has 1 amide bonds. The molecular formula is C25H34N2O2S. The van der Waals surface area contributed by atoms with Crippen molar-refractivity contribution in [1.82, 2.24) is 5.32 Å². The highest BCUT2D eigenvalue weighted by atomic mass is 32.1. The number of anilines is 1. The zero-order chi connectivity index (χ0) is 22.0. The molecule has 2 aromatic rings. The molecule has 0 atom stereocenters. The highest BCUT2D eigenvalue weighted by Gasteiger charge is 2.13. The standard InChI is InChI=1S/C25H34N2O2S/c1-5-6-8-19-10-14-21(15-11-19)26-24(30)27-23(28)9-7-18-29-22-16-12-20(13-17-22)25(2,3)4/h10-17H,5-9,18H2,1-4H3,(H2,26,27,28,30). The molecule has 0 saturated heterocycles. The Hall–Kier alpha value is -2.40. The van der Waals surface area contributed by atoms with Gasteiger partial charge in [0.2, 0.25) is 5.91 Å². The zero-order valence-electron chi connectivity index (χ0n) is 18.6. The minimum atomic E-state index is -0.112. The third-order valence-corrected chi connectivity index (χ3v) is 5.03. The molecule has 162 valence electrons. The molecule has 2 aromatic carbocycles. The summed E-state index contributed by atoms with van der Waals surface area (Å²) in [5.41, 5.74) is 3.58. The predicted octanol–water partition coefficient (Wildman–Crippen LogP) is 6.00. The molecule has 30 heavy (non-hydrogen) atoms. The maximum Gasteiger partial charge on any atom is 0.226 e. The van der Waals surface area contributed by atoms with Crippen LogP contribution in [0.3, 0.4) is 0 Å². The lowest BCUT2D eigenvalue weighted by atomic mass is 9.87. The molecule has 0 aliphatic heterocycles. The van der Waals surface area contributed by atoms with E-state index < -0.39 is 0 Å². The molecule has 0 spiro atoms. The van der Waals surface area contributed by atoms with Crippen LogP contribution in [0.1, 0.15) is 64.5 Å². The number of carbonyl (C=O) groups is 1. The lowest BCUT2D eigenvalue weighted by Gasteiger charge is -2.19. The van der Waals surface area contributed by atoms with E-state index in [1.807, 2.05) is 24.3 Å².